The number of carboxylic acids is 1. The minimum absolute atomic E-state index is 0.0402. The van der Waals surface area contributed by atoms with E-state index >= 15 is 0 Å². The molecule has 1 aliphatic heterocycles. The SMILES string of the molecule is CC(C(=O)O)N(C)C(=O)C1CC(=O)N(CCN(C)C)C1. The fraction of sp³-hybridized carbons (Fsp3) is 0.769. The van der Waals surface area contributed by atoms with Crippen molar-refractivity contribution in [1.82, 2.24) is 14.7 Å². The zero-order chi connectivity index (χ0) is 15.4. The summed E-state index contributed by atoms with van der Waals surface area (Å²) in [5, 5.41) is 8.92. The molecule has 2 amide bonds. The maximum Gasteiger partial charge on any atom is 0.326 e. The number of likely N-dealkylation sites (N-methyl/N-ethyl adjacent to an activating group) is 2. The standard InChI is InChI=1S/C13H23N3O4/c1-9(13(19)20)15(4)12(18)10-7-11(17)16(8-10)6-5-14(2)3/h9-10H,5-8H2,1-4H3,(H,19,20). The van der Waals surface area contributed by atoms with Crippen molar-refractivity contribution in [2.45, 2.75) is 19.4 Å². The van der Waals surface area contributed by atoms with Crippen LogP contribution in [0.15, 0.2) is 0 Å². The van der Waals surface area contributed by atoms with E-state index in [4.69, 9.17) is 5.11 Å². The van der Waals surface area contributed by atoms with Crippen molar-refractivity contribution in [3.8, 4) is 0 Å². The third-order valence-electron chi connectivity index (χ3n) is 3.67. The molecule has 1 rings (SSSR count). The molecule has 0 aromatic heterocycles. The normalized spacial score (nSPS) is 20.4. The Balaban J connectivity index is 2.59. The van der Waals surface area contributed by atoms with Gasteiger partial charge in [0.05, 0.1) is 5.92 Å². The average Bonchev–Trinajstić information content (AvgIpc) is 2.74. The van der Waals surface area contributed by atoms with Crippen molar-refractivity contribution in [2.75, 3.05) is 40.8 Å². The third kappa shape index (κ3) is 3.93. The van der Waals surface area contributed by atoms with E-state index in [2.05, 4.69) is 0 Å². The molecule has 0 spiro atoms. The lowest BCUT2D eigenvalue weighted by Crippen LogP contribution is -2.44. The molecule has 7 heteroatoms. The van der Waals surface area contributed by atoms with Crippen molar-refractivity contribution in [2.24, 2.45) is 5.92 Å². The summed E-state index contributed by atoms with van der Waals surface area (Å²) in [7, 11) is 5.31. The first-order chi connectivity index (χ1) is 9.23. The number of carboxylic acid groups (broad SMARTS) is 1. The van der Waals surface area contributed by atoms with Crippen LogP contribution in [-0.4, -0.2) is 84.4 Å². The zero-order valence-electron chi connectivity index (χ0n) is 12.5. The van der Waals surface area contributed by atoms with Gasteiger partial charge in [0.25, 0.3) is 0 Å². The summed E-state index contributed by atoms with van der Waals surface area (Å²) in [6, 6.07) is -0.881. The largest absolute Gasteiger partial charge is 0.480 e. The number of hydrogen-bond donors (Lipinski definition) is 1. The molecule has 1 heterocycles. The van der Waals surface area contributed by atoms with Crippen molar-refractivity contribution in [1.29, 1.82) is 0 Å². The second-order valence-corrected chi connectivity index (χ2v) is 5.51. The van der Waals surface area contributed by atoms with Crippen molar-refractivity contribution < 1.29 is 19.5 Å². The van der Waals surface area contributed by atoms with Crippen LogP contribution >= 0.6 is 0 Å². The summed E-state index contributed by atoms with van der Waals surface area (Å²) >= 11 is 0. The molecule has 2 atom stereocenters. The number of carbonyl (C=O) groups is 3. The van der Waals surface area contributed by atoms with E-state index in [1.807, 2.05) is 19.0 Å². The lowest BCUT2D eigenvalue weighted by atomic mass is 10.1. The number of hydrogen-bond acceptors (Lipinski definition) is 4. The lowest BCUT2D eigenvalue weighted by molar-refractivity contribution is -0.149. The Morgan fingerprint density at radius 1 is 1.40 bits per heavy atom. The van der Waals surface area contributed by atoms with Crippen molar-refractivity contribution in [3.63, 3.8) is 0 Å². The van der Waals surface area contributed by atoms with Gasteiger partial charge in [-0.25, -0.2) is 4.79 Å². The Morgan fingerprint density at radius 3 is 2.50 bits per heavy atom. The quantitative estimate of drug-likeness (QED) is 0.700. The first-order valence-electron chi connectivity index (χ1n) is 6.66. The molecule has 1 N–H and O–H groups in total. The fourth-order valence-corrected chi connectivity index (χ4v) is 2.12. The number of amides is 2. The smallest absolute Gasteiger partial charge is 0.326 e. The Hall–Kier alpha value is -1.63. The number of rotatable bonds is 6. The molecule has 0 aliphatic carbocycles. The molecule has 0 radical (unpaired) electrons. The van der Waals surface area contributed by atoms with Crippen LogP contribution in [0.3, 0.4) is 0 Å². The molecule has 114 valence electrons. The van der Waals surface area contributed by atoms with Gasteiger partial charge in [-0.3, -0.25) is 9.59 Å². The molecule has 0 aromatic rings. The molecule has 1 fully saturated rings. The molecule has 7 nitrogen and oxygen atoms in total. The van der Waals surface area contributed by atoms with Gasteiger partial charge < -0.3 is 19.8 Å². The van der Waals surface area contributed by atoms with Gasteiger partial charge in [0.1, 0.15) is 6.04 Å². The highest BCUT2D eigenvalue weighted by molar-refractivity contribution is 5.91. The fourth-order valence-electron chi connectivity index (χ4n) is 2.12. The molecule has 2 unspecified atom stereocenters. The molecule has 20 heavy (non-hydrogen) atoms. The van der Waals surface area contributed by atoms with Gasteiger partial charge in [-0.15, -0.1) is 0 Å². The summed E-state index contributed by atoms with van der Waals surface area (Å²) in [5.41, 5.74) is 0. The second-order valence-electron chi connectivity index (χ2n) is 5.51. The van der Waals surface area contributed by atoms with Crippen molar-refractivity contribution in [3.05, 3.63) is 0 Å². The van der Waals surface area contributed by atoms with E-state index in [1.165, 1.54) is 18.9 Å². The molecular formula is C13H23N3O4. The first-order valence-corrected chi connectivity index (χ1v) is 6.66. The predicted octanol–water partition coefficient (Wildman–Crippen LogP) is -0.672. The van der Waals surface area contributed by atoms with Crippen LogP contribution in [0.5, 0.6) is 0 Å². The molecule has 0 saturated carbocycles. The van der Waals surface area contributed by atoms with Crippen LogP contribution in [0.1, 0.15) is 13.3 Å². The Labute approximate surface area is 119 Å². The van der Waals surface area contributed by atoms with E-state index in [-0.39, 0.29) is 18.2 Å². The highest BCUT2D eigenvalue weighted by atomic mass is 16.4. The Morgan fingerprint density at radius 2 is 2.00 bits per heavy atom. The number of likely N-dealkylation sites (tertiary alicyclic amines) is 1. The predicted molar refractivity (Wildman–Crippen MR) is 73.1 cm³/mol. The van der Waals surface area contributed by atoms with Gasteiger partial charge in [0.15, 0.2) is 0 Å². The minimum atomic E-state index is -1.05. The topological polar surface area (TPSA) is 81.2 Å². The van der Waals surface area contributed by atoms with Gasteiger partial charge in [-0.1, -0.05) is 0 Å². The highest BCUT2D eigenvalue weighted by Gasteiger charge is 2.37. The second kappa shape index (κ2) is 6.69. The van der Waals surface area contributed by atoms with Crippen LogP contribution in [-0.2, 0) is 14.4 Å². The Bertz CT molecular complexity index is 397. The van der Waals surface area contributed by atoms with E-state index < -0.39 is 17.9 Å². The van der Waals surface area contributed by atoms with Crippen molar-refractivity contribution >= 4 is 17.8 Å². The third-order valence-corrected chi connectivity index (χ3v) is 3.67. The van der Waals surface area contributed by atoms with E-state index in [0.717, 1.165) is 6.54 Å². The highest BCUT2D eigenvalue weighted by Crippen LogP contribution is 2.20. The zero-order valence-corrected chi connectivity index (χ0v) is 12.5. The summed E-state index contributed by atoms with van der Waals surface area (Å²) in [6.45, 7) is 3.17. The number of aliphatic carboxylic acids is 1. The van der Waals surface area contributed by atoms with Crippen LogP contribution in [0, 0.1) is 5.92 Å². The Kier molecular flexibility index (Phi) is 5.50. The molecule has 0 bridgehead atoms. The minimum Gasteiger partial charge on any atom is -0.480 e. The van der Waals surface area contributed by atoms with Crippen LogP contribution in [0.4, 0.5) is 0 Å². The summed E-state index contributed by atoms with van der Waals surface area (Å²) in [5.74, 6) is -1.80. The van der Waals surface area contributed by atoms with Crippen LogP contribution in [0.2, 0.25) is 0 Å². The maximum absolute atomic E-state index is 12.2. The van der Waals surface area contributed by atoms with Gasteiger partial charge in [0.2, 0.25) is 11.8 Å². The molecule has 1 aliphatic rings. The summed E-state index contributed by atoms with van der Waals surface area (Å²) < 4.78 is 0. The van der Waals surface area contributed by atoms with Gasteiger partial charge >= 0.3 is 5.97 Å². The summed E-state index contributed by atoms with van der Waals surface area (Å²) in [6.07, 6.45) is 0.170. The van der Waals surface area contributed by atoms with E-state index in [9.17, 15) is 14.4 Å². The van der Waals surface area contributed by atoms with Gasteiger partial charge in [-0.2, -0.15) is 0 Å². The van der Waals surface area contributed by atoms with Crippen LogP contribution in [0.25, 0.3) is 0 Å². The summed E-state index contributed by atoms with van der Waals surface area (Å²) in [4.78, 5) is 39.8. The number of nitrogens with zero attached hydrogens (tertiary/aromatic N) is 3. The molecular weight excluding hydrogens is 262 g/mol. The molecule has 0 aromatic carbocycles. The number of carbonyl (C=O) groups excluding carboxylic acids is 2. The van der Waals surface area contributed by atoms with Gasteiger partial charge in [-0.05, 0) is 21.0 Å². The lowest BCUT2D eigenvalue weighted by Gasteiger charge is -2.24. The first kappa shape index (κ1) is 16.4. The maximum atomic E-state index is 12.2. The van der Waals surface area contributed by atoms with E-state index in [1.54, 1.807) is 4.90 Å². The van der Waals surface area contributed by atoms with Crippen LogP contribution < -0.4 is 0 Å². The molecule has 1 saturated heterocycles. The monoisotopic (exact) mass is 285 g/mol. The van der Waals surface area contributed by atoms with Gasteiger partial charge in [0, 0.05) is 33.1 Å². The average molecular weight is 285 g/mol. The van der Waals surface area contributed by atoms with E-state index in [0.29, 0.717) is 13.1 Å².